The van der Waals surface area contributed by atoms with Gasteiger partial charge in [0.25, 0.3) is 5.91 Å². The van der Waals surface area contributed by atoms with Gasteiger partial charge in [0.15, 0.2) is 17.2 Å². The molecule has 33 heavy (non-hydrogen) atoms. The van der Waals surface area contributed by atoms with E-state index in [1.165, 1.54) is 38.1 Å². The lowest BCUT2D eigenvalue weighted by Crippen LogP contribution is -2.65. The summed E-state index contributed by atoms with van der Waals surface area (Å²) in [5.41, 5.74) is 2.01. The first-order chi connectivity index (χ1) is 15.3. The molecule has 0 aliphatic heterocycles. The highest BCUT2D eigenvalue weighted by atomic mass is 16.3. The van der Waals surface area contributed by atoms with Gasteiger partial charge in [-0.15, -0.1) is 0 Å². The highest BCUT2D eigenvalue weighted by Gasteiger charge is 2.64. The first-order valence-corrected chi connectivity index (χ1v) is 10.3. The van der Waals surface area contributed by atoms with Crippen molar-refractivity contribution in [2.24, 2.45) is 17.6 Å². The monoisotopic (exact) mass is 456 g/mol. The van der Waals surface area contributed by atoms with Gasteiger partial charge in [-0.2, -0.15) is 0 Å². The van der Waals surface area contributed by atoms with Gasteiger partial charge in [0, 0.05) is 17.1 Å². The molecule has 1 aromatic rings. The Morgan fingerprint density at radius 2 is 1.79 bits per heavy atom. The summed E-state index contributed by atoms with van der Waals surface area (Å²) in [6.45, 7) is 1.34. The summed E-state index contributed by atoms with van der Waals surface area (Å²) in [6.07, 6.45) is 0.0522. The second kappa shape index (κ2) is 7.26. The molecular formula is C23H24N2O8. The molecule has 0 aromatic heterocycles. The number of hydrogen-bond acceptors (Lipinski definition) is 9. The van der Waals surface area contributed by atoms with Gasteiger partial charge in [0.2, 0.25) is 5.78 Å². The number of aliphatic hydroxyl groups excluding tert-OH is 2. The summed E-state index contributed by atoms with van der Waals surface area (Å²) < 4.78 is 0. The number of phenols is 1. The molecule has 0 spiro atoms. The number of carbonyl (C=O) groups excluding carboxylic acids is 4. The summed E-state index contributed by atoms with van der Waals surface area (Å²) in [7, 11) is 3.05. The van der Waals surface area contributed by atoms with Crippen LogP contribution >= 0.6 is 0 Å². The van der Waals surface area contributed by atoms with E-state index < -0.39 is 58.0 Å². The summed E-state index contributed by atoms with van der Waals surface area (Å²) >= 11 is 0. The van der Waals surface area contributed by atoms with Gasteiger partial charge in [-0.25, -0.2) is 0 Å². The van der Waals surface area contributed by atoms with Crippen LogP contribution in [0.4, 0.5) is 0 Å². The highest BCUT2D eigenvalue weighted by Crippen LogP contribution is 2.52. The second-order valence-electron chi connectivity index (χ2n) is 9.00. The van der Waals surface area contributed by atoms with Gasteiger partial charge in [0.1, 0.15) is 22.8 Å². The van der Waals surface area contributed by atoms with Crippen molar-refractivity contribution in [3.05, 3.63) is 45.7 Å². The quantitative estimate of drug-likeness (QED) is 0.313. The minimum Gasteiger partial charge on any atom is -0.508 e. The predicted octanol–water partition coefficient (Wildman–Crippen LogP) is 0.167. The van der Waals surface area contributed by atoms with Crippen molar-refractivity contribution in [2.75, 3.05) is 14.1 Å². The van der Waals surface area contributed by atoms with Gasteiger partial charge >= 0.3 is 0 Å². The summed E-state index contributed by atoms with van der Waals surface area (Å²) in [5, 5.41) is 43.6. The third-order valence-electron chi connectivity index (χ3n) is 6.98. The molecule has 1 saturated carbocycles. The number of benzene rings is 1. The first kappa shape index (κ1) is 22.7. The number of nitrogens with two attached hydrogens (primary N) is 1. The van der Waals surface area contributed by atoms with Crippen molar-refractivity contribution in [3.8, 4) is 5.75 Å². The van der Waals surface area contributed by atoms with Gasteiger partial charge in [-0.3, -0.25) is 24.1 Å². The van der Waals surface area contributed by atoms with E-state index in [0.717, 1.165) is 0 Å². The molecule has 6 N–H and O–H groups in total. The Balaban J connectivity index is 2.00. The largest absolute Gasteiger partial charge is 0.508 e. The number of amides is 1. The number of carbonyl (C=O) groups is 4. The third kappa shape index (κ3) is 2.87. The lowest BCUT2D eigenvalue weighted by molar-refractivity contribution is -0.153. The fourth-order valence-corrected chi connectivity index (χ4v) is 5.57. The molecule has 1 aromatic carbocycles. The number of rotatable bonds is 3. The van der Waals surface area contributed by atoms with Crippen LogP contribution in [0.1, 0.15) is 34.8 Å². The topological polar surface area (TPSA) is 178 Å². The molecule has 1 amide bonds. The van der Waals surface area contributed by atoms with Crippen molar-refractivity contribution in [1.29, 1.82) is 0 Å². The van der Waals surface area contributed by atoms with Crippen LogP contribution in [0.5, 0.6) is 5.75 Å². The maximum absolute atomic E-state index is 13.6. The number of aliphatic hydroxyl groups is 3. The Kier molecular flexibility index (Phi) is 4.99. The molecule has 10 heteroatoms. The number of fused-ring (bicyclic) bond motifs is 3. The third-order valence-corrected chi connectivity index (χ3v) is 6.98. The summed E-state index contributed by atoms with van der Waals surface area (Å²) in [6, 6.07) is 1.50. The van der Waals surface area contributed by atoms with Crippen LogP contribution in [0.25, 0.3) is 5.76 Å². The smallest absolute Gasteiger partial charge is 0.255 e. The molecule has 10 nitrogen and oxygen atoms in total. The van der Waals surface area contributed by atoms with Crippen LogP contribution in [0.3, 0.4) is 0 Å². The van der Waals surface area contributed by atoms with Gasteiger partial charge in [-0.05, 0) is 57.5 Å². The summed E-state index contributed by atoms with van der Waals surface area (Å²) in [4.78, 5) is 52.2. The number of likely N-dealkylation sites (N-methyl/N-ethyl adjacent to an activating group) is 1. The lowest BCUT2D eigenvalue weighted by Gasteiger charge is -2.50. The number of phenolic OH excluding ortho intramolecular Hbond substituents is 1. The van der Waals surface area contributed by atoms with Crippen LogP contribution in [0, 0.1) is 11.8 Å². The molecule has 174 valence electrons. The zero-order valence-corrected chi connectivity index (χ0v) is 18.2. The van der Waals surface area contributed by atoms with E-state index in [0.29, 0.717) is 5.56 Å². The molecule has 0 radical (unpaired) electrons. The first-order valence-electron chi connectivity index (χ1n) is 10.3. The van der Waals surface area contributed by atoms with Crippen molar-refractivity contribution in [1.82, 2.24) is 4.90 Å². The van der Waals surface area contributed by atoms with E-state index in [1.54, 1.807) is 0 Å². The standard InChI is InChI=1S/C23H24N2O8/c1-8(26)10-4-5-13(27)15-11(10)6-9-7-12-17(25(2)3)19(29)16(22(24)32)21(31)23(12,33)20(30)14(9)18(15)28/h4-5,9,12,17,27-28,31,33H,6-7H2,1-3H3,(H2,24,32)/t9-,12-,17+,23-/m0/s1. The van der Waals surface area contributed by atoms with Crippen LogP contribution in [-0.2, 0) is 20.8 Å². The van der Waals surface area contributed by atoms with Crippen LogP contribution in [-0.4, -0.2) is 74.3 Å². The minimum absolute atomic E-state index is 0.0290. The number of nitrogens with zero attached hydrogens (tertiary/aromatic N) is 1. The molecule has 0 bridgehead atoms. The van der Waals surface area contributed by atoms with E-state index in [-0.39, 0.29) is 41.1 Å². The lowest BCUT2D eigenvalue weighted by atomic mass is 9.57. The number of aromatic hydroxyl groups is 1. The van der Waals surface area contributed by atoms with Gasteiger partial charge in [-0.1, -0.05) is 0 Å². The average molecular weight is 456 g/mol. The molecule has 1 fully saturated rings. The maximum atomic E-state index is 13.6. The van der Waals surface area contributed by atoms with Crippen LogP contribution in [0.15, 0.2) is 29.0 Å². The number of hydrogen-bond donors (Lipinski definition) is 5. The average Bonchev–Trinajstić information content (AvgIpc) is 2.70. The van der Waals surface area contributed by atoms with Crippen LogP contribution < -0.4 is 5.73 Å². The van der Waals surface area contributed by atoms with Gasteiger partial charge in [0.05, 0.1) is 11.6 Å². The van der Waals surface area contributed by atoms with Gasteiger partial charge < -0.3 is 26.2 Å². The molecule has 0 saturated heterocycles. The molecule has 3 aliphatic carbocycles. The molecule has 0 unspecified atom stereocenters. The Morgan fingerprint density at radius 1 is 1.15 bits per heavy atom. The zero-order valence-electron chi connectivity index (χ0n) is 18.2. The SMILES string of the molecule is CC(=O)c1ccc(O)c2c1C[C@H]1C[C@H]3[C@@H](N(C)C)C(=O)C(C(N)=O)=C(O)[C@@]3(O)C(=O)C1=C2O. The number of Topliss-reactive ketones (excluding diaryl/α,β-unsaturated/α-hetero) is 3. The Hall–Kier alpha value is -3.50. The molecule has 4 atom stereocenters. The van der Waals surface area contributed by atoms with E-state index >= 15 is 0 Å². The predicted molar refractivity (Wildman–Crippen MR) is 114 cm³/mol. The summed E-state index contributed by atoms with van der Waals surface area (Å²) in [5.74, 6) is -7.48. The van der Waals surface area contributed by atoms with Crippen molar-refractivity contribution >= 4 is 29.0 Å². The molecule has 0 heterocycles. The molecular weight excluding hydrogens is 432 g/mol. The maximum Gasteiger partial charge on any atom is 0.255 e. The van der Waals surface area contributed by atoms with Crippen molar-refractivity contribution < 1.29 is 39.6 Å². The zero-order chi connectivity index (χ0) is 24.6. The minimum atomic E-state index is -2.68. The molecule has 3 aliphatic rings. The van der Waals surface area contributed by atoms with E-state index in [1.807, 2.05) is 0 Å². The Labute approximate surface area is 188 Å². The Bertz CT molecular complexity index is 1210. The number of primary amides is 1. The van der Waals surface area contributed by atoms with Crippen molar-refractivity contribution in [2.45, 2.75) is 31.4 Å². The van der Waals surface area contributed by atoms with Crippen molar-refractivity contribution in [3.63, 3.8) is 0 Å². The highest BCUT2D eigenvalue weighted by molar-refractivity contribution is 6.24. The van der Waals surface area contributed by atoms with E-state index in [9.17, 15) is 39.6 Å². The fourth-order valence-electron chi connectivity index (χ4n) is 5.57. The Morgan fingerprint density at radius 3 is 2.33 bits per heavy atom. The van der Waals surface area contributed by atoms with Crippen LogP contribution in [0.2, 0.25) is 0 Å². The normalized spacial score (nSPS) is 29.1. The second-order valence-corrected chi connectivity index (χ2v) is 9.00. The molecule has 4 rings (SSSR count). The number of ketones is 3. The fraction of sp³-hybridized carbons (Fsp3) is 0.391. The van der Waals surface area contributed by atoms with E-state index in [2.05, 4.69) is 0 Å². The van der Waals surface area contributed by atoms with E-state index in [4.69, 9.17) is 5.73 Å².